The van der Waals surface area contributed by atoms with Crippen LogP contribution in [0.5, 0.6) is 0 Å². The topological polar surface area (TPSA) is 77.6 Å². The Morgan fingerprint density at radius 2 is 1.80 bits per heavy atom. The van der Waals surface area contributed by atoms with E-state index in [4.69, 9.17) is 5.73 Å². The predicted molar refractivity (Wildman–Crippen MR) is 78.0 cm³/mol. The van der Waals surface area contributed by atoms with Gasteiger partial charge >= 0.3 is 0 Å². The molecule has 0 aliphatic heterocycles. The first-order valence-corrected chi connectivity index (χ1v) is 6.77. The van der Waals surface area contributed by atoms with Crippen LogP contribution in [-0.2, 0) is 0 Å². The summed E-state index contributed by atoms with van der Waals surface area (Å²) in [5.74, 6) is 1.04. The molecule has 0 spiro atoms. The van der Waals surface area contributed by atoms with Gasteiger partial charge in [0.25, 0.3) is 0 Å². The average Bonchev–Trinajstić information content (AvgIpc) is 2.49. The van der Waals surface area contributed by atoms with Crippen LogP contribution in [0.3, 0.4) is 0 Å². The molecule has 3 aromatic rings. The van der Waals surface area contributed by atoms with Crippen LogP contribution < -0.4 is 5.73 Å². The van der Waals surface area contributed by atoms with E-state index in [0.29, 0.717) is 11.6 Å². The number of benzene rings is 1. The Labute approximate surface area is 120 Å². The van der Waals surface area contributed by atoms with Gasteiger partial charge in [0.05, 0.1) is 6.20 Å². The summed E-state index contributed by atoms with van der Waals surface area (Å²) in [5.41, 5.74) is 6.78. The van der Waals surface area contributed by atoms with E-state index >= 15 is 0 Å². The van der Waals surface area contributed by atoms with Gasteiger partial charge in [0.15, 0.2) is 5.82 Å². The van der Waals surface area contributed by atoms with Gasteiger partial charge in [-0.25, -0.2) is 15.0 Å². The predicted octanol–water partition coefficient (Wildman–Crippen LogP) is 2.67. The number of hydrogen-bond acceptors (Lipinski definition) is 6. The van der Waals surface area contributed by atoms with Crippen molar-refractivity contribution in [2.24, 2.45) is 0 Å². The van der Waals surface area contributed by atoms with Crippen LogP contribution >= 0.6 is 11.8 Å². The lowest BCUT2D eigenvalue weighted by Crippen LogP contribution is -1.97. The van der Waals surface area contributed by atoms with Gasteiger partial charge in [0, 0.05) is 24.0 Å². The lowest BCUT2D eigenvalue weighted by atomic mass is 10.2. The van der Waals surface area contributed by atoms with Gasteiger partial charge in [-0.15, -0.1) is 0 Å². The normalized spacial score (nSPS) is 10.4. The smallest absolute Gasteiger partial charge is 0.162 e. The number of nitrogens with two attached hydrogens (primary N) is 1. The Bertz CT molecular complexity index is 703. The summed E-state index contributed by atoms with van der Waals surface area (Å²) in [7, 11) is 0. The van der Waals surface area contributed by atoms with E-state index in [0.717, 1.165) is 15.6 Å². The lowest BCUT2D eigenvalue weighted by Gasteiger charge is -2.05. The number of aromatic nitrogens is 4. The van der Waals surface area contributed by atoms with Crippen LogP contribution in [0.25, 0.3) is 11.4 Å². The molecular weight excluding hydrogens is 270 g/mol. The molecule has 0 radical (unpaired) electrons. The van der Waals surface area contributed by atoms with Crippen LogP contribution in [0.1, 0.15) is 0 Å². The lowest BCUT2D eigenvalue weighted by molar-refractivity contribution is 1.03. The van der Waals surface area contributed by atoms with Crippen molar-refractivity contribution in [2.75, 3.05) is 5.73 Å². The zero-order valence-electron chi connectivity index (χ0n) is 10.5. The molecular formula is C14H11N5S. The van der Waals surface area contributed by atoms with E-state index in [1.54, 1.807) is 24.7 Å². The quantitative estimate of drug-likeness (QED) is 0.744. The molecule has 0 amide bonds. The van der Waals surface area contributed by atoms with Crippen molar-refractivity contribution < 1.29 is 0 Å². The number of nitrogens with zero attached hydrogens (tertiary/aromatic N) is 4. The number of rotatable bonds is 3. The summed E-state index contributed by atoms with van der Waals surface area (Å²) in [5, 5.41) is 1.52. The molecule has 2 heterocycles. The fourth-order valence-corrected chi connectivity index (χ4v) is 2.41. The van der Waals surface area contributed by atoms with Crippen molar-refractivity contribution in [1.82, 2.24) is 19.9 Å². The Morgan fingerprint density at radius 3 is 2.55 bits per heavy atom. The summed E-state index contributed by atoms with van der Waals surface area (Å²) in [6, 6.07) is 11.5. The Balaban J connectivity index is 1.95. The van der Waals surface area contributed by atoms with E-state index in [-0.39, 0.29) is 0 Å². The highest BCUT2D eigenvalue weighted by Gasteiger charge is 2.07. The molecule has 0 aliphatic rings. The molecule has 3 rings (SSSR count). The van der Waals surface area contributed by atoms with Gasteiger partial charge in [-0.1, -0.05) is 30.3 Å². The number of anilines is 1. The third-order valence-electron chi connectivity index (χ3n) is 2.50. The van der Waals surface area contributed by atoms with E-state index in [1.165, 1.54) is 11.8 Å². The van der Waals surface area contributed by atoms with Crippen LogP contribution in [0.4, 0.5) is 5.82 Å². The molecule has 5 nitrogen and oxygen atoms in total. The van der Waals surface area contributed by atoms with Crippen molar-refractivity contribution in [3.63, 3.8) is 0 Å². The molecule has 0 atom stereocenters. The van der Waals surface area contributed by atoms with Crippen molar-refractivity contribution in [1.29, 1.82) is 0 Å². The second-order valence-electron chi connectivity index (χ2n) is 3.97. The zero-order valence-corrected chi connectivity index (χ0v) is 11.3. The Kier molecular flexibility index (Phi) is 3.56. The maximum atomic E-state index is 5.85. The highest BCUT2D eigenvalue weighted by molar-refractivity contribution is 7.99. The first kappa shape index (κ1) is 12.6. The van der Waals surface area contributed by atoms with Crippen molar-refractivity contribution in [2.45, 2.75) is 10.1 Å². The zero-order chi connectivity index (χ0) is 13.8. The molecule has 6 heteroatoms. The fraction of sp³-hybridized carbons (Fsp3) is 0. The minimum atomic E-state index is 0.435. The molecule has 0 saturated heterocycles. The standard InChI is InChI=1S/C14H11N5S/c15-11-8-12(20-13-9-16-6-7-17-13)19-14(18-11)10-4-2-1-3-5-10/h1-9H,(H2,15,18,19). The highest BCUT2D eigenvalue weighted by Crippen LogP contribution is 2.26. The Morgan fingerprint density at radius 1 is 0.950 bits per heavy atom. The van der Waals surface area contributed by atoms with Crippen LogP contribution in [-0.4, -0.2) is 19.9 Å². The third-order valence-corrected chi connectivity index (χ3v) is 3.34. The van der Waals surface area contributed by atoms with E-state index < -0.39 is 0 Å². The number of hydrogen-bond donors (Lipinski definition) is 1. The minimum absolute atomic E-state index is 0.435. The average molecular weight is 281 g/mol. The highest BCUT2D eigenvalue weighted by atomic mass is 32.2. The second kappa shape index (κ2) is 5.66. The molecule has 0 aliphatic carbocycles. The molecule has 0 fully saturated rings. The summed E-state index contributed by atoms with van der Waals surface area (Å²) in [4.78, 5) is 17.0. The van der Waals surface area contributed by atoms with Gasteiger partial charge in [-0.3, -0.25) is 4.98 Å². The Hall–Kier alpha value is -2.47. The molecule has 0 unspecified atom stereocenters. The molecule has 0 bridgehead atoms. The summed E-state index contributed by atoms with van der Waals surface area (Å²) < 4.78 is 0. The summed E-state index contributed by atoms with van der Waals surface area (Å²) in [6.07, 6.45) is 4.96. The van der Waals surface area contributed by atoms with Crippen molar-refractivity contribution in [3.8, 4) is 11.4 Å². The molecule has 0 saturated carbocycles. The van der Waals surface area contributed by atoms with Gasteiger partial charge in [-0.2, -0.15) is 0 Å². The largest absolute Gasteiger partial charge is 0.384 e. The first-order valence-electron chi connectivity index (χ1n) is 5.95. The maximum absolute atomic E-state index is 5.85. The van der Waals surface area contributed by atoms with Gasteiger partial charge in [0.1, 0.15) is 15.9 Å². The monoisotopic (exact) mass is 281 g/mol. The van der Waals surface area contributed by atoms with E-state index in [1.807, 2.05) is 30.3 Å². The van der Waals surface area contributed by atoms with Crippen molar-refractivity contribution in [3.05, 3.63) is 55.0 Å². The third kappa shape index (κ3) is 2.92. The first-order chi connectivity index (χ1) is 9.81. The SMILES string of the molecule is Nc1cc(Sc2cnccn2)nc(-c2ccccc2)n1. The van der Waals surface area contributed by atoms with Gasteiger partial charge in [-0.05, 0) is 11.8 Å². The number of nitrogen functional groups attached to an aromatic ring is 1. The van der Waals surface area contributed by atoms with Crippen LogP contribution in [0.15, 0.2) is 65.0 Å². The van der Waals surface area contributed by atoms with Crippen LogP contribution in [0, 0.1) is 0 Å². The minimum Gasteiger partial charge on any atom is -0.384 e. The second-order valence-corrected chi connectivity index (χ2v) is 5.01. The molecule has 2 aromatic heterocycles. The fourth-order valence-electron chi connectivity index (χ4n) is 1.66. The van der Waals surface area contributed by atoms with Crippen molar-refractivity contribution >= 4 is 17.6 Å². The molecule has 1 aromatic carbocycles. The molecule has 98 valence electrons. The van der Waals surface area contributed by atoms with Gasteiger partial charge in [0.2, 0.25) is 0 Å². The van der Waals surface area contributed by atoms with Crippen LogP contribution in [0.2, 0.25) is 0 Å². The molecule has 2 N–H and O–H groups in total. The summed E-state index contributed by atoms with van der Waals surface area (Å²) in [6.45, 7) is 0. The van der Waals surface area contributed by atoms with Gasteiger partial charge < -0.3 is 5.73 Å². The molecule has 20 heavy (non-hydrogen) atoms. The maximum Gasteiger partial charge on any atom is 0.162 e. The van der Waals surface area contributed by atoms with E-state index in [9.17, 15) is 0 Å². The van der Waals surface area contributed by atoms with E-state index in [2.05, 4.69) is 19.9 Å². The summed E-state index contributed by atoms with van der Waals surface area (Å²) >= 11 is 1.41.